The van der Waals surface area contributed by atoms with Crippen molar-refractivity contribution in [1.82, 2.24) is 0 Å². The molecule has 0 fully saturated rings. The lowest BCUT2D eigenvalue weighted by atomic mass is 10.0. The van der Waals surface area contributed by atoms with Crippen molar-refractivity contribution >= 4 is 32.7 Å². The Bertz CT molecular complexity index is 552. The lowest BCUT2D eigenvalue weighted by Crippen LogP contribution is -2.07. The van der Waals surface area contributed by atoms with Gasteiger partial charge in [-0.1, -0.05) is 29.8 Å². The molecule has 0 aliphatic carbocycles. The first-order valence-electron chi connectivity index (χ1n) is 5.23. The molecule has 0 saturated heterocycles. The molecular weight excluding hydrogens is 268 g/mol. The van der Waals surface area contributed by atoms with Crippen molar-refractivity contribution < 1.29 is 9.21 Å². The molecule has 84 valence electrons. The molecule has 0 atom stereocenters. The van der Waals surface area contributed by atoms with Gasteiger partial charge in [0.25, 0.3) is 0 Å². The van der Waals surface area contributed by atoms with Crippen molar-refractivity contribution in [1.29, 1.82) is 0 Å². The molecule has 1 aromatic heterocycles. The third kappa shape index (κ3) is 1.80. The Balaban J connectivity index is 2.65. The number of Topliss-reactive ketones (excluding diaryl/α,β-unsaturated/α-hetero) is 1. The van der Waals surface area contributed by atoms with E-state index in [-0.39, 0.29) is 11.7 Å². The minimum Gasteiger partial charge on any atom is -0.453 e. The Morgan fingerprint density at radius 3 is 2.69 bits per heavy atom. The van der Waals surface area contributed by atoms with Crippen LogP contribution < -0.4 is 0 Å². The maximum absolute atomic E-state index is 11.9. The molecule has 16 heavy (non-hydrogen) atoms. The highest BCUT2D eigenvalue weighted by Crippen LogP contribution is 2.29. The van der Waals surface area contributed by atoms with Crippen LogP contribution in [-0.4, -0.2) is 5.78 Å². The Morgan fingerprint density at radius 2 is 2.06 bits per heavy atom. The zero-order chi connectivity index (χ0) is 11.9. The molecule has 1 heterocycles. The second-order valence-corrected chi connectivity index (χ2v) is 5.13. The SMILES string of the molecule is Cc1c(C(=O)C(C)C)oc2ccc(Br)cc12. The van der Waals surface area contributed by atoms with E-state index in [2.05, 4.69) is 15.9 Å². The summed E-state index contributed by atoms with van der Waals surface area (Å²) in [5.74, 6) is 0.510. The highest BCUT2D eigenvalue weighted by atomic mass is 79.9. The number of hydrogen-bond donors (Lipinski definition) is 0. The molecule has 0 unspecified atom stereocenters. The van der Waals surface area contributed by atoms with Gasteiger partial charge in [-0.2, -0.15) is 0 Å². The third-order valence-electron chi connectivity index (χ3n) is 2.65. The van der Waals surface area contributed by atoms with Gasteiger partial charge in [0.2, 0.25) is 5.78 Å². The number of rotatable bonds is 2. The molecule has 0 bridgehead atoms. The summed E-state index contributed by atoms with van der Waals surface area (Å²) in [6, 6.07) is 5.77. The molecule has 0 amide bonds. The van der Waals surface area contributed by atoms with Gasteiger partial charge in [-0.15, -0.1) is 0 Å². The Labute approximate surface area is 103 Å². The van der Waals surface area contributed by atoms with Crippen molar-refractivity contribution in [2.24, 2.45) is 5.92 Å². The van der Waals surface area contributed by atoms with Crippen LogP contribution in [0.1, 0.15) is 30.0 Å². The smallest absolute Gasteiger partial charge is 0.200 e. The number of ketones is 1. The standard InChI is InChI=1S/C13H13BrO2/c1-7(2)12(15)13-8(3)10-6-9(14)4-5-11(10)16-13/h4-7H,1-3H3. The number of aryl methyl sites for hydroxylation is 1. The van der Waals surface area contributed by atoms with Crippen molar-refractivity contribution in [2.75, 3.05) is 0 Å². The third-order valence-corrected chi connectivity index (χ3v) is 3.14. The van der Waals surface area contributed by atoms with Gasteiger partial charge in [-0.25, -0.2) is 0 Å². The summed E-state index contributed by atoms with van der Waals surface area (Å²) in [5, 5.41) is 0.998. The summed E-state index contributed by atoms with van der Waals surface area (Å²) in [7, 11) is 0. The first-order chi connectivity index (χ1) is 7.50. The van der Waals surface area contributed by atoms with Crippen molar-refractivity contribution in [3.8, 4) is 0 Å². The van der Waals surface area contributed by atoms with Crippen LogP contribution >= 0.6 is 15.9 Å². The summed E-state index contributed by atoms with van der Waals surface area (Å²) in [6.07, 6.45) is 0. The van der Waals surface area contributed by atoms with Gasteiger partial charge in [0.05, 0.1) is 0 Å². The van der Waals surface area contributed by atoms with E-state index in [9.17, 15) is 4.79 Å². The van der Waals surface area contributed by atoms with Crippen LogP contribution in [0.25, 0.3) is 11.0 Å². The highest BCUT2D eigenvalue weighted by molar-refractivity contribution is 9.10. The molecule has 2 aromatic rings. The fourth-order valence-corrected chi connectivity index (χ4v) is 2.05. The predicted molar refractivity (Wildman–Crippen MR) is 67.8 cm³/mol. The zero-order valence-electron chi connectivity index (χ0n) is 9.50. The monoisotopic (exact) mass is 280 g/mol. The minimum atomic E-state index is -0.0392. The van der Waals surface area contributed by atoms with E-state index in [4.69, 9.17) is 4.42 Å². The van der Waals surface area contributed by atoms with E-state index >= 15 is 0 Å². The Kier molecular flexibility index (Phi) is 2.89. The summed E-state index contributed by atoms with van der Waals surface area (Å²) in [5.41, 5.74) is 1.69. The van der Waals surface area contributed by atoms with Gasteiger partial charge in [0.1, 0.15) is 5.58 Å². The second-order valence-electron chi connectivity index (χ2n) is 4.22. The predicted octanol–water partition coefficient (Wildman–Crippen LogP) is 4.34. The normalized spacial score (nSPS) is 11.3. The molecule has 0 saturated carbocycles. The maximum Gasteiger partial charge on any atom is 0.200 e. The fourth-order valence-electron chi connectivity index (χ4n) is 1.69. The lowest BCUT2D eigenvalue weighted by molar-refractivity contribution is 0.0912. The van der Waals surface area contributed by atoms with Crippen LogP contribution in [0.5, 0.6) is 0 Å². The summed E-state index contributed by atoms with van der Waals surface area (Å²) < 4.78 is 6.60. The number of benzene rings is 1. The summed E-state index contributed by atoms with van der Waals surface area (Å²) in [4.78, 5) is 11.9. The van der Waals surface area contributed by atoms with Crippen molar-refractivity contribution in [3.63, 3.8) is 0 Å². The topological polar surface area (TPSA) is 30.2 Å². The van der Waals surface area contributed by atoms with Gasteiger partial charge in [0.15, 0.2) is 5.76 Å². The number of carbonyl (C=O) groups is 1. The lowest BCUT2D eigenvalue weighted by Gasteiger charge is -2.00. The van der Waals surface area contributed by atoms with Gasteiger partial charge in [-0.05, 0) is 25.1 Å². The average Bonchev–Trinajstić information content (AvgIpc) is 2.55. The summed E-state index contributed by atoms with van der Waals surface area (Å²) >= 11 is 3.42. The van der Waals surface area contributed by atoms with E-state index in [0.717, 1.165) is 21.0 Å². The second kappa shape index (κ2) is 4.06. The number of carbonyl (C=O) groups excluding carboxylic acids is 1. The zero-order valence-corrected chi connectivity index (χ0v) is 11.1. The molecule has 2 rings (SSSR count). The van der Waals surface area contributed by atoms with E-state index in [0.29, 0.717) is 5.76 Å². The number of fused-ring (bicyclic) bond motifs is 1. The quantitative estimate of drug-likeness (QED) is 0.766. The van der Waals surface area contributed by atoms with Crippen LogP contribution in [0.4, 0.5) is 0 Å². The van der Waals surface area contributed by atoms with E-state index < -0.39 is 0 Å². The first kappa shape index (κ1) is 11.4. The van der Waals surface area contributed by atoms with Crippen LogP contribution in [0, 0.1) is 12.8 Å². The van der Waals surface area contributed by atoms with Gasteiger partial charge < -0.3 is 4.42 Å². The van der Waals surface area contributed by atoms with Crippen molar-refractivity contribution in [3.05, 3.63) is 34.0 Å². The van der Waals surface area contributed by atoms with Crippen LogP contribution in [0.3, 0.4) is 0 Å². The van der Waals surface area contributed by atoms with Gasteiger partial charge in [0, 0.05) is 21.3 Å². The number of halogens is 1. The average molecular weight is 281 g/mol. The molecular formula is C13H13BrO2. The molecule has 1 aromatic carbocycles. The molecule has 0 N–H and O–H groups in total. The molecule has 0 aliphatic rings. The Morgan fingerprint density at radius 1 is 1.38 bits per heavy atom. The molecule has 0 aliphatic heterocycles. The van der Waals surface area contributed by atoms with Crippen LogP contribution in [-0.2, 0) is 0 Å². The first-order valence-corrected chi connectivity index (χ1v) is 6.03. The van der Waals surface area contributed by atoms with Crippen LogP contribution in [0.15, 0.2) is 27.1 Å². The minimum absolute atomic E-state index is 0.0392. The number of hydrogen-bond acceptors (Lipinski definition) is 2. The van der Waals surface area contributed by atoms with Gasteiger partial charge in [-0.3, -0.25) is 4.79 Å². The molecule has 3 heteroatoms. The highest BCUT2D eigenvalue weighted by Gasteiger charge is 2.19. The summed E-state index contributed by atoms with van der Waals surface area (Å²) in [6.45, 7) is 5.68. The number of furan rings is 1. The van der Waals surface area contributed by atoms with Gasteiger partial charge >= 0.3 is 0 Å². The largest absolute Gasteiger partial charge is 0.453 e. The fraction of sp³-hybridized carbons (Fsp3) is 0.308. The maximum atomic E-state index is 11.9. The molecule has 0 spiro atoms. The molecule has 2 nitrogen and oxygen atoms in total. The van der Waals surface area contributed by atoms with E-state index in [1.165, 1.54) is 0 Å². The van der Waals surface area contributed by atoms with Crippen molar-refractivity contribution in [2.45, 2.75) is 20.8 Å². The Hall–Kier alpha value is -1.09. The van der Waals surface area contributed by atoms with Crippen LogP contribution in [0.2, 0.25) is 0 Å². The van der Waals surface area contributed by atoms with E-state index in [1.807, 2.05) is 39.0 Å². The molecule has 0 radical (unpaired) electrons. The van der Waals surface area contributed by atoms with E-state index in [1.54, 1.807) is 0 Å².